The molecule has 0 aromatic heterocycles. The van der Waals surface area contributed by atoms with Crippen molar-refractivity contribution in [2.24, 2.45) is 0 Å². The van der Waals surface area contributed by atoms with Crippen LogP contribution in [-0.2, 0) is 4.79 Å². The summed E-state index contributed by atoms with van der Waals surface area (Å²) in [4.78, 5) is 11.6. The normalized spacial score (nSPS) is 10.4. The SMILES string of the molecule is CCN(C)C(=O)CC(F)(F)F.Cl. The lowest BCUT2D eigenvalue weighted by atomic mass is 10.3. The van der Waals surface area contributed by atoms with Gasteiger partial charge in [0.05, 0.1) is 0 Å². The molecular weight excluding hydrogens is 195 g/mol. The topological polar surface area (TPSA) is 20.3 Å². The number of amides is 1. The molecule has 0 spiro atoms. The Labute approximate surface area is 75.1 Å². The average Bonchev–Trinajstić information content (AvgIpc) is 1.82. The Morgan fingerprint density at radius 2 is 1.83 bits per heavy atom. The molecule has 1 amide bonds. The van der Waals surface area contributed by atoms with Gasteiger partial charge in [-0.2, -0.15) is 13.2 Å². The summed E-state index contributed by atoms with van der Waals surface area (Å²) in [7, 11) is 1.34. The summed E-state index contributed by atoms with van der Waals surface area (Å²) in [5.41, 5.74) is 0. The first-order valence-corrected chi connectivity index (χ1v) is 3.17. The van der Waals surface area contributed by atoms with Crippen molar-refractivity contribution in [1.29, 1.82) is 0 Å². The van der Waals surface area contributed by atoms with Crippen molar-refractivity contribution in [3.05, 3.63) is 0 Å². The van der Waals surface area contributed by atoms with Crippen LogP contribution in [0, 0.1) is 0 Å². The van der Waals surface area contributed by atoms with E-state index in [1.165, 1.54) is 7.05 Å². The van der Waals surface area contributed by atoms with Crippen LogP contribution in [0.1, 0.15) is 13.3 Å². The highest BCUT2D eigenvalue weighted by Crippen LogP contribution is 2.19. The fourth-order valence-corrected chi connectivity index (χ4v) is 0.483. The van der Waals surface area contributed by atoms with E-state index in [4.69, 9.17) is 0 Å². The molecule has 0 atom stereocenters. The second-order valence-electron chi connectivity index (χ2n) is 2.20. The van der Waals surface area contributed by atoms with Crippen molar-refractivity contribution in [3.63, 3.8) is 0 Å². The lowest BCUT2D eigenvalue weighted by Gasteiger charge is -2.15. The van der Waals surface area contributed by atoms with Gasteiger partial charge in [-0.3, -0.25) is 4.79 Å². The summed E-state index contributed by atoms with van der Waals surface area (Å²) in [5.74, 6) is -0.889. The molecule has 2 nitrogen and oxygen atoms in total. The Bertz CT molecular complexity index is 148. The van der Waals surface area contributed by atoms with Crippen LogP contribution in [0.2, 0.25) is 0 Å². The fraction of sp³-hybridized carbons (Fsp3) is 0.833. The van der Waals surface area contributed by atoms with Crippen LogP contribution in [0.15, 0.2) is 0 Å². The van der Waals surface area contributed by atoms with Crippen LogP contribution < -0.4 is 0 Å². The molecule has 0 saturated heterocycles. The third kappa shape index (κ3) is 6.27. The van der Waals surface area contributed by atoms with Crippen LogP contribution >= 0.6 is 12.4 Å². The van der Waals surface area contributed by atoms with Gasteiger partial charge in [0.15, 0.2) is 0 Å². The Morgan fingerprint density at radius 3 is 2.08 bits per heavy atom. The first-order valence-electron chi connectivity index (χ1n) is 3.17. The number of hydrogen-bond donors (Lipinski definition) is 0. The highest BCUT2D eigenvalue weighted by Gasteiger charge is 2.32. The first-order chi connectivity index (χ1) is 4.87. The molecular formula is C6H11ClF3NO. The maximum Gasteiger partial charge on any atom is 0.397 e. The van der Waals surface area contributed by atoms with E-state index in [-0.39, 0.29) is 12.4 Å². The minimum absolute atomic E-state index is 0. The smallest absolute Gasteiger partial charge is 0.346 e. The molecule has 0 rings (SSSR count). The lowest BCUT2D eigenvalue weighted by Crippen LogP contribution is -2.30. The molecule has 0 fully saturated rings. The molecule has 0 aliphatic carbocycles. The van der Waals surface area contributed by atoms with E-state index < -0.39 is 18.5 Å². The van der Waals surface area contributed by atoms with Crippen LogP contribution in [0.4, 0.5) is 13.2 Å². The zero-order valence-electron chi connectivity index (χ0n) is 6.81. The first kappa shape index (κ1) is 14.1. The van der Waals surface area contributed by atoms with Gasteiger partial charge in [-0.1, -0.05) is 0 Å². The Balaban J connectivity index is 0. The van der Waals surface area contributed by atoms with E-state index in [9.17, 15) is 18.0 Å². The predicted molar refractivity (Wildman–Crippen MR) is 41.2 cm³/mol. The standard InChI is InChI=1S/C6H10F3NO.ClH/c1-3-10(2)5(11)4-6(7,8)9;/h3-4H2,1-2H3;1H. The van der Waals surface area contributed by atoms with Gasteiger partial charge < -0.3 is 4.90 Å². The molecule has 0 heterocycles. The molecule has 6 heteroatoms. The third-order valence-electron chi connectivity index (χ3n) is 1.25. The van der Waals surface area contributed by atoms with E-state index in [0.717, 1.165) is 4.90 Å². The van der Waals surface area contributed by atoms with Crippen LogP contribution in [0.25, 0.3) is 0 Å². The van der Waals surface area contributed by atoms with Gasteiger partial charge in [0.25, 0.3) is 0 Å². The van der Waals surface area contributed by atoms with Crippen molar-refractivity contribution in [2.45, 2.75) is 19.5 Å². The molecule has 0 aromatic rings. The number of halogens is 4. The average molecular weight is 206 g/mol. The number of rotatable bonds is 2. The minimum atomic E-state index is -4.39. The molecule has 0 N–H and O–H groups in total. The maximum absolute atomic E-state index is 11.6. The molecule has 0 aliphatic rings. The molecule has 0 bridgehead atoms. The summed E-state index contributed by atoms with van der Waals surface area (Å²) in [6.07, 6.45) is -5.75. The Kier molecular flexibility index (Phi) is 6.16. The summed E-state index contributed by atoms with van der Waals surface area (Å²) in [6.45, 7) is 1.92. The van der Waals surface area contributed by atoms with Gasteiger partial charge in [0.2, 0.25) is 5.91 Å². The highest BCUT2D eigenvalue weighted by atomic mass is 35.5. The van der Waals surface area contributed by atoms with E-state index in [1.807, 2.05) is 0 Å². The van der Waals surface area contributed by atoms with Crippen molar-refractivity contribution in [2.75, 3.05) is 13.6 Å². The molecule has 74 valence electrons. The number of nitrogens with zero attached hydrogens (tertiary/aromatic N) is 1. The van der Waals surface area contributed by atoms with Crippen molar-refractivity contribution >= 4 is 18.3 Å². The number of carbonyl (C=O) groups is 1. The summed E-state index contributed by atoms with van der Waals surface area (Å²) < 4.78 is 34.7. The number of hydrogen-bond acceptors (Lipinski definition) is 1. The monoisotopic (exact) mass is 205 g/mol. The number of carbonyl (C=O) groups excluding carboxylic acids is 1. The summed E-state index contributed by atoms with van der Waals surface area (Å²) in [6, 6.07) is 0. The Hall–Kier alpha value is -0.450. The van der Waals surface area contributed by atoms with Crippen LogP contribution in [-0.4, -0.2) is 30.6 Å². The zero-order valence-corrected chi connectivity index (χ0v) is 7.63. The quantitative estimate of drug-likeness (QED) is 0.674. The molecule has 0 saturated carbocycles. The van der Waals surface area contributed by atoms with Gasteiger partial charge in [-0.15, -0.1) is 12.4 Å². The van der Waals surface area contributed by atoms with Gasteiger partial charge in [-0.25, -0.2) is 0 Å². The van der Waals surface area contributed by atoms with E-state index in [0.29, 0.717) is 6.54 Å². The fourth-order valence-electron chi connectivity index (χ4n) is 0.483. The molecule has 0 unspecified atom stereocenters. The van der Waals surface area contributed by atoms with Gasteiger partial charge in [-0.05, 0) is 6.92 Å². The number of alkyl halides is 3. The van der Waals surface area contributed by atoms with Crippen molar-refractivity contribution in [1.82, 2.24) is 4.90 Å². The lowest BCUT2D eigenvalue weighted by molar-refractivity contribution is -0.160. The summed E-state index contributed by atoms with van der Waals surface area (Å²) >= 11 is 0. The largest absolute Gasteiger partial charge is 0.397 e. The van der Waals surface area contributed by atoms with Crippen molar-refractivity contribution in [3.8, 4) is 0 Å². The van der Waals surface area contributed by atoms with E-state index >= 15 is 0 Å². The van der Waals surface area contributed by atoms with Gasteiger partial charge in [0.1, 0.15) is 6.42 Å². The second kappa shape index (κ2) is 5.24. The molecule has 12 heavy (non-hydrogen) atoms. The highest BCUT2D eigenvalue weighted by molar-refractivity contribution is 5.85. The van der Waals surface area contributed by atoms with Crippen LogP contribution in [0.3, 0.4) is 0 Å². The predicted octanol–water partition coefficient (Wildman–Crippen LogP) is 1.84. The molecule has 0 aliphatic heterocycles. The van der Waals surface area contributed by atoms with Crippen molar-refractivity contribution < 1.29 is 18.0 Å². The zero-order chi connectivity index (χ0) is 9.07. The second-order valence-corrected chi connectivity index (χ2v) is 2.20. The van der Waals surface area contributed by atoms with Crippen LogP contribution in [0.5, 0.6) is 0 Å². The van der Waals surface area contributed by atoms with Gasteiger partial charge in [0, 0.05) is 13.6 Å². The maximum atomic E-state index is 11.6. The molecule has 0 aromatic carbocycles. The Morgan fingerprint density at radius 1 is 1.42 bits per heavy atom. The van der Waals surface area contributed by atoms with E-state index in [1.54, 1.807) is 6.92 Å². The van der Waals surface area contributed by atoms with E-state index in [2.05, 4.69) is 0 Å². The minimum Gasteiger partial charge on any atom is -0.346 e. The summed E-state index contributed by atoms with van der Waals surface area (Å²) in [5, 5.41) is 0. The molecule has 0 radical (unpaired) electrons. The third-order valence-corrected chi connectivity index (χ3v) is 1.25. The van der Waals surface area contributed by atoms with Gasteiger partial charge >= 0.3 is 6.18 Å².